The molecule has 1 aliphatic carbocycles. The van der Waals surface area contributed by atoms with Crippen LogP contribution >= 0.6 is 11.3 Å². The highest BCUT2D eigenvalue weighted by Gasteiger charge is 2.50. The highest BCUT2D eigenvalue weighted by atomic mass is 32.1. The van der Waals surface area contributed by atoms with E-state index in [1.54, 1.807) is 35.6 Å². The van der Waals surface area contributed by atoms with Crippen LogP contribution in [-0.4, -0.2) is 32.4 Å². The molecule has 43 heavy (non-hydrogen) atoms. The number of nitrogens with one attached hydrogen (secondary N) is 1. The van der Waals surface area contributed by atoms with E-state index in [2.05, 4.69) is 30.3 Å². The van der Waals surface area contributed by atoms with Crippen molar-refractivity contribution in [3.63, 3.8) is 0 Å². The average molecular weight is 608 g/mol. The molecule has 1 unspecified atom stereocenters. The molecule has 0 radical (unpaired) electrons. The molecule has 2 aromatic heterocycles. The molecule has 10 heteroatoms. The number of hydrogen-bond acceptors (Lipinski definition) is 5. The highest BCUT2D eigenvalue weighted by Crippen LogP contribution is 2.54. The third kappa shape index (κ3) is 5.65. The van der Waals surface area contributed by atoms with Gasteiger partial charge in [0.1, 0.15) is 5.82 Å². The lowest BCUT2D eigenvalue weighted by Gasteiger charge is -2.24. The fourth-order valence-electron chi connectivity index (χ4n) is 5.74. The normalized spacial score (nSPS) is 17.0. The number of nitrogens with zero attached hydrogens (tertiary/aromatic N) is 2. The molecule has 0 spiro atoms. The van der Waals surface area contributed by atoms with Crippen molar-refractivity contribution < 1.29 is 23.1 Å². The summed E-state index contributed by atoms with van der Waals surface area (Å²) in [4.78, 5) is 37.5. The molecule has 2 aliphatic rings. The SMILES string of the molecule is CC(C)c1csc(C2(c3nc4c(c(=O)[nH]3)CN(C(=O)C(O)c3cccc(-c5cccc(C(F)(F)F)c5)c3)CCC4)CC2)c1. The minimum atomic E-state index is -4.49. The van der Waals surface area contributed by atoms with E-state index in [4.69, 9.17) is 4.98 Å². The number of aromatic amines is 1. The van der Waals surface area contributed by atoms with E-state index in [1.165, 1.54) is 27.5 Å². The van der Waals surface area contributed by atoms with Gasteiger partial charge in [-0.15, -0.1) is 11.3 Å². The first kappa shape index (κ1) is 29.3. The Hall–Kier alpha value is -3.76. The summed E-state index contributed by atoms with van der Waals surface area (Å²) in [6.07, 6.45) is -3.07. The second-order valence-electron chi connectivity index (χ2n) is 11.8. The van der Waals surface area contributed by atoms with Gasteiger partial charge in [-0.1, -0.05) is 44.2 Å². The minimum Gasteiger partial charge on any atom is -0.378 e. The van der Waals surface area contributed by atoms with Crippen molar-refractivity contribution in [3.8, 4) is 11.1 Å². The van der Waals surface area contributed by atoms with Gasteiger partial charge in [-0.05, 0) is 83.5 Å². The first-order chi connectivity index (χ1) is 20.5. The zero-order chi connectivity index (χ0) is 30.5. The number of carbonyl (C=O) groups excluding carboxylic acids is 1. The summed E-state index contributed by atoms with van der Waals surface area (Å²) >= 11 is 1.70. The van der Waals surface area contributed by atoms with Crippen LogP contribution < -0.4 is 5.56 Å². The second kappa shape index (κ2) is 11.1. The minimum absolute atomic E-state index is 0.0185. The van der Waals surface area contributed by atoms with Gasteiger partial charge < -0.3 is 15.0 Å². The van der Waals surface area contributed by atoms with Gasteiger partial charge in [0.15, 0.2) is 6.10 Å². The number of carbonyl (C=O) groups is 1. The van der Waals surface area contributed by atoms with Crippen LogP contribution in [0.4, 0.5) is 13.2 Å². The Kier molecular flexibility index (Phi) is 7.54. The maximum absolute atomic E-state index is 13.5. The quantitative estimate of drug-likeness (QED) is 0.255. The summed E-state index contributed by atoms with van der Waals surface area (Å²) in [7, 11) is 0. The Labute approximate surface area is 251 Å². The predicted octanol–water partition coefficient (Wildman–Crippen LogP) is 6.73. The molecule has 2 aromatic carbocycles. The Morgan fingerprint density at radius 3 is 2.47 bits per heavy atom. The first-order valence-corrected chi connectivity index (χ1v) is 15.3. The van der Waals surface area contributed by atoms with Gasteiger partial charge in [-0.25, -0.2) is 4.98 Å². The van der Waals surface area contributed by atoms with Gasteiger partial charge in [-0.2, -0.15) is 13.2 Å². The van der Waals surface area contributed by atoms with Crippen LogP contribution in [-0.2, 0) is 29.4 Å². The molecule has 2 N–H and O–H groups in total. The molecular formula is C33H32F3N3O3S. The van der Waals surface area contributed by atoms with E-state index in [9.17, 15) is 27.9 Å². The number of aryl methyl sites for hydroxylation is 1. The van der Waals surface area contributed by atoms with Crippen LogP contribution in [0.1, 0.15) is 83.8 Å². The molecule has 6 rings (SSSR count). The Bertz CT molecular complexity index is 1740. The lowest BCUT2D eigenvalue weighted by molar-refractivity contribution is -0.141. The Morgan fingerprint density at radius 2 is 1.79 bits per heavy atom. The number of halogens is 3. The molecule has 1 atom stereocenters. The van der Waals surface area contributed by atoms with Gasteiger partial charge in [0, 0.05) is 11.4 Å². The summed E-state index contributed by atoms with van der Waals surface area (Å²) in [6, 6.07) is 13.5. The number of fused-ring (bicyclic) bond motifs is 1. The number of hydrogen-bond donors (Lipinski definition) is 2. The van der Waals surface area contributed by atoms with E-state index in [-0.39, 0.29) is 23.1 Å². The summed E-state index contributed by atoms with van der Waals surface area (Å²) < 4.78 is 39.7. The molecule has 0 bridgehead atoms. The van der Waals surface area contributed by atoms with Crippen LogP contribution in [0.3, 0.4) is 0 Å². The Morgan fingerprint density at radius 1 is 1.07 bits per heavy atom. The molecule has 3 heterocycles. The van der Waals surface area contributed by atoms with Crippen molar-refractivity contribution in [2.24, 2.45) is 0 Å². The maximum atomic E-state index is 13.5. The van der Waals surface area contributed by atoms with Gasteiger partial charge >= 0.3 is 6.18 Å². The molecule has 1 saturated carbocycles. The van der Waals surface area contributed by atoms with Crippen molar-refractivity contribution in [2.75, 3.05) is 6.54 Å². The number of aromatic nitrogens is 2. The zero-order valence-corrected chi connectivity index (χ0v) is 24.7. The second-order valence-corrected chi connectivity index (χ2v) is 12.7. The molecule has 1 aliphatic heterocycles. The van der Waals surface area contributed by atoms with E-state index in [1.807, 2.05) is 0 Å². The smallest absolute Gasteiger partial charge is 0.378 e. The third-order valence-electron chi connectivity index (χ3n) is 8.52. The van der Waals surface area contributed by atoms with Crippen molar-refractivity contribution in [1.82, 2.24) is 14.9 Å². The van der Waals surface area contributed by atoms with Crippen LogP contribution in [0.15, 0.2) is 64.8 Å². The topological polar surface area (TPSA) is 86.3 Å². The number of aliphatic hydroxyl groups is 1. The van der Waals surface area contributed by atoms with Crippen molar-refractivity contribution >= 4 is 17.2 Å². The van der Waals surface area contributed by atoms with E-state index in [0.29, 0.717) is 53.5 Å². The van der Waals surface area contributed by atoms with Crippen molar-refractivity contribution in [1.29, 1.82) is 0 Å². The van der Waals surface area contributed by atoms with E-state index < -0.39 is 23.8 Å². The third-order valence-corrected chi connectivity index (χ3v) is 9.68. The predicted molar refractivity (Wildman–Crippen MR) is 159 cm³/mol. The maximum Gasteiger partial charge on any atom is 0.416 e. The van der Waals surface area contributed by atoms with Crippen LogP contribution in [0.5, 0.6) is 0 Å². The molecule has 1 fully saturated rings. The molecular weight excluding hydrogens is 575 g/mol. The van der Waals surface area contributed by atoms with Gasteiger partial charge in [0.25, 0.3) is 11.5 Å². The highest BCUT2D eigenvalue weighted by molar-refractivity contribution is 7.10. The van der Waals surface area contributed by atoms with Crippen LogP contribution in [0.2, 0.25) is 0 Å². The van der Waals surface area contributed by atoms with Gasteiger partial charge in [0.05, 0.1) is 28.8 Å². The molecule has 4 aromatic rings. The lowest BCUT2D eigenvalue weighted by Crippen LogP contribution is -2.36. The zero-order valence-electron chi connectivity index (χ0n) is 23.9. The van der Waals surface area contributed by atoms with E-state index in [0.717, 1.165) is 25.0 Å². The summed E-state index contributed by atoms with van der Waals surface area (Å²) in [5.41, 5.74) is 2.10. The molecule has 1 amide bonds. The summed E-state index contributed by atoms with van der Waals surface area (Å²) in [5.74, 6) is 0.525. The number of H-pyrrole nitrogens is 1. The van der Waals surface area contributed by atoms with Crippen LogP contribution in [0, 0.1) is 0 Å². The van der Waals surface area contributed by atoms with Gasteiger partial charge in [-0.3, -0.25) is 9.59 Å². The standard InChI is InChI=1S/C33H32F3N3O3S/c1-19(2)23-16-27(43-18-23)32(11-12-32)31-37-26-10-5-13-39(17-25(26)29(41)38-31)30(42)28(40)22-8-3-6-20(14-22)21-7-4-9-24(15-21)33(34,35)36/h3-4,6-9,14-16,18-19,28,40H,5,10-13,17H2,1-2H3,(H,37,38,41). The summed E-state index contributed by atoms with van der Waals surface area (Å²) in [6.45, 7) is 4.67. The average Bonchev–Trinajstić information content (AvgIpc) is 3.70. The van der Waals surface area contributed by atoms with Crippen LogP contribution in [0.25, 0.3) is 11.1 Å². The van der Waals surface area contributed by atoms with Crippen molar-refractivity contribution in [2.45, 2.75) is 69.7 Å². The fraction of sp³-hybridized carbons (Fsp3) is 0.364. The molecule has 0 saturated heterocycles. The van der Waals surface area contributed by atoms with E-state index >= 15 is 0 Å². The van der Waals surface area contributed by atoms with Crippen molar-refractivity contribution in [3.05, 3.63) is 109 Å². The number of amides is 1. The van der Waals surface area contributed by atoms with Gasteiger partial charge in [0.2, 0.25) is 0 Å². The Balaban J connectivity index is 1.23. The largest absolute Gasteiger partial charge is 0.416 e. The monoisotopic (exact) mass is 607 g/mol. The number of benzene rings is 2. The summed E-state index contributed by atoms with van der Waals surface area (Å²) in [5, 5.41) is 13.2. The number of thiophene rings is 1. The molecule has 6 nitrogen and oxygen atoms in total. The lowest BCUT2D eigenvalue weighted by atomic mass is 9.98. The number of aliphatic hydroxyl groups excluding tert-OH is 1. The number of rotatable bonds is 6. The molecule has 224 valence electrons. The first-order valence-electron chi connectivity index (χ1n) is 14.4. The fourth-order valence-corrected chi connectivity index (χ4v) is 7.08. The number of alkyl halides is 3.